The number of anilines is 1. The number of para-hydroxylation sites is 4. The average Bonchev–Trinajstić information content (AvgIpc) is 3.37. The number of aromatic nitrogens is 4. The number of rotatable bonds is 8. The molecule has 2 aromatic carbocycles. The van der Waals surface area contributed by atoms with Crippen molar-refractivity contribution in [3.8, 4) is 5.75 Å². The highest BCUT2D eigenvalue weighted by Crippen LogP contribution is 2.24. The molecule has 0 saturated heterocycles. The Labute approximate surface area is 171 Å². The average molecular weight is 409 g/mol. The normalized spacial score (nSPS) is 10.9. The van der Waals surface area contributed by atoms with Gasteiger partial charge in [-0.05, 0) is 24.3 Å². The number of hydrogen-bond acceptors (Lipinski definition) is 7. The third kappa shape index (κ3) is 4.75. The molecule has 0 unspecified atom stereocenters. The van der Waals surface area contributed by atoms with Gasteiger partial charge in [0.1, 0.15) is 11.6 Å². The first-order valence-electron chi connectivity index (χ1n) is 9.03. The first kappa shape index (κ1) is 19.0. The summed E-state index contributed by atoms with van der Waals surface area (Å²) in [5, 5.41) is 11.2. The van der Waals surface area contributed by atoms with Crippen LogP contribution in [0.5, 0.6) is 5.75 Å². The molecule has 0 aliphatic carbocycles. The van der Waals surface area contributed by atoms with E-state index in [0.717, 1.165) is 16.9 Å². The second-order valence-electron chi connectivity index (χ2n) is 6.20. The summed E-state index contributed by atoms with van der Waals surface area (Å²) in [6, 6.07) is 15.1. The number of nitrogens with zero attached hydrogens (tertiary/aromatic N) is 3. The molecule has 0 aliphatic rings. The number of nitrogens with one attached hydrogen (secondary N) is 2. The van der Waals surface area contributed by atoms with Gasteiger partial charge in [-0.2, -0.15) is 0 Å². The summed E-state index contributed by atoms with van der Waals surface area (Å²) in [6.45, 7) is 0. The van der Waals surface area contributed by atoms with Crippen LogP contribution in [-0.2, 0) is 17.6 Å². The molecule has 148 valence electrons. The molecule has 2 heterocycles. The number of aromatic amines is 1. The summed E-state index contributed by atoms with van der Waals surface area (Å²) in [4.78, 5) is 20.0. The van der Waals surface area contributed by atoms with E-state index in [4.69, 9.17) is 9.15 Å². The Morgan fingerprint density at radius 2 is 1.97 bits per heavy atom. The van der Waals surface area contributed by atoms with Crippen LogP contribution < -0.4 is 10.1 Å². The molecule has 8 nitrogen and oxygen atoms in total. The summed E-state index contributed by atoms with van der Waals surface area (Å²) < 4.78 is 10.8. The highest BCUT2D eigenvalue weighted by atomic mass is 32.2. The van der Waals surface area contributed by atoms with Crippen LogP contribution in [0.4, 0.5) is 5.69 Å². The quantitative estimate of drug-likeness (QED) is 0.429. The van der Waals surface area contributed by atoms with Gasteiger partial charge in [-0.3, -0.25) is 4.79 Å². The van der Waals surface area contributed by atoms with Crippen molar-refractivity contribution < 1.29 is 13.9 Å². The van der Waals surface area contributed by atoms with Crippen LogP contribution in [0.2, 0.25) is 0 Å². The first-order chi connectivity index (χ1) is 14.2. The second kappa shape index (κ2) is 8.78. The van der Waals surface area contributed by atoms with Crippen LogP contribution in [0.3, 0.4) is 0 Å². The number of benzene rings is 2. The van der Waals surface area contributed by atoms with E-state index < -0.39 is 0 Å². The van der Waals surface area contributed by atoms with E-state index in [0.29, 0.717) is 35.4 Å². The Bertz CT molecular complexity index is 1090. The summed E-state index contributed by atoms with van der Waals surface area (Å²) in [5.41, 5.74) is 2.56. The highest BCUT2D eigenvalue weighted by Gasteiger charge is 2.12. The maximum absolute atomic E-state index is 12.2. The minimum Gasteiger partial charge on any atom is -0.495 e. The van der Waals surface area contributed by atoms with Crippen molar-refractivity contribution in [1.82, 2.24) is 20.2 Å². The van der Waals surface area contributed by atoms with Gasteiger partial charge in [-0.1, -0.05) is 36.0 Å². The van der Waals surface area contributed by atoms with Crippen molar-refractivity contribution in [2.24, 2.45) is 0 Å². The predicted octanol–water partition coefficient (Wildman–Crippen LogP) is 3.47. The zero-order valence-electron chi connectivity index (χ0n) is 15.7. The van der Waals surface area contributed by atoms with Crippen LogP contribution in [0.1, 0.15) is 11.7 Å². The molecule has 0 atom stereocenters. The minimum atomic E-state index is -0.179. The monoisotopic (exact) mass is 409 g/mol. The lowest BCUT2D eigenvalue weighted by atomic mass is 10.3. The number of carbonyl (C=O) groups excluding carboxylic acids is 1. The Hall–Kier alpha value is -3.33. The summed E-state index contributed by atoms with van der Waals surface area (Å²) in [5.74, 6) is 1.97. The van der Waals surface area contributed by atoms with Gasteiger partial charge in [0.2, 0.25) is 11.8 Å². The maximum Gasteiger partial charge on any atom is 0.277 e. The van der Waals surface area contributed by atoms with Crippen molar-refractivity contribution in [3.63, 3.8) is 0 Å². The number of imidazole rings is 1. The number of amides is 1. The third-order valence-electron chi connectivity index (χ3n) is 4.17. The van der Waals surface area contributed by atoms with E-state index in [1.54, 1.807) is 19.2 Å². The highest BCUT2D eigenvalue weighted by molar-refractivity contribution is 7.99. The van der Waals surface area contributed by atoms with Gasteiger partial charge in [0, 0.05) is 12.8 Å². The largest absolute Gasteiger partial charge is 0.495 e. The first-order valence-corrected chi connectivity index (χ1v) is 10.0. The predicted molar refractivity (Wildman–Crippen MR) is 110 cm³/mol. The number of carbonyl (C=O) groups is 1. The van der Waals surface area contributed by atoms with Gasteiger partial charge in [0.15, 0.2) is 0 Å². The van der Waals surface area contributed by atoms with E-state index in [2.05, 4.69) is 25.5 Å². The summed E-state index contributed by atoms with van der Waals surface area (Å²) >= 11 is 1.19. The van der Waals surface area contributed by atoms with Gasteiger partial charge < -0.3 is 19.5 Å². The third-order valence-corrected chi connectivity index (χ3v) is 4.99. The van der Waals surface area contributed by atoms with Gasteiger partial charge in [-0.15, -0.1) is 10.2 Å². The molecule has 9 heteroatoms. The fourth-order valence-electron chi connectivity index (χ4n) is 2.81. The van der Waals surface area contributed by atoms with Crippen LogP contribution in [0.25, 0.3) is 11.0 Å². The second-order valence-corrected chi connectivity index (χ2v) is 7.13. The lowest BCUT2D eigenvalue weighted by Crippen LogP contribution is -2.14. The van der Waals surface area contributed by atoms with E-state index >= 15 is 0 Å². The smallest absolute Gasteiger partial charge is 0.277 e. The van der Waals surface area contributed by atoms with E-state index in [1.807, 2.05) is 36.4 Å². The molecule has 0 spiro atoms. The van der Waals surface area contributed by atoms with Crippen LogP contribution in [0, 0.1) is 0 Å². The number of hydrogen-bond donors (Lipinski definition) is 2. The fourth-order valence-corrected chi connectivity index (χ4v) is 3.39. The number of methoxy groups -OCH3 is 1. The number of aryl methyl sites for hydroxylation is 2. The fraction of sp³-hybridized carbons (Fsp3) is 0.200. The number of H-pyrrole nitrogens is 1. The molecule has 0 radical (unpaired) electrons. The van der Waals surface area contributed by atoms with Crippen molar-refractivity contribution >= 4 is 34.4 Å². The maximum atomic E-state index is 12.2. The zero-order valence-corrected chi connectivity index (χ0v) is 16.5. The molecule has 0 aliphatic heterocycles. The molecule has 0 fully saturated rings. The molecule has 2 N–H and O–H groups in total. The molecular weight excluding hydrogens is 390 g/mol. The van der Waals surface area contributed by atoms with Crippen LogP contribution in [0.15, 0.2) is 58.2 Å². The Kier molecular flexibility index (Phi) is 5.76. The van der Waals surface area contributed by atoms with Crippen molar-refractivity contribution in [1.29, 1.82) is 0 Å². The SMILES string of the molecule is COc1ccccc1NC(=O)CSc1nnc(CCc2nc3ccccc3[nH]2)o1. The van der Waals surface area contributed by atoms with Crippen molar-refractivity contribution in [2.45, 2.75) is 18.1 Å². The minimum absolute atomic E-state index is 0.156. The molecule has 2 aromatic heterocycles. The lowest BCUT2D eigenvalue weighted by Gasteiger charge is -2.08. The standard InChI is InChI=1S/C20H19N5O3S/c1-27-16-9-5-4-8-15(16)23-18(26)12-29-20-25-24-19(28-20)11-10-17-21-13-6-2-3-7-14(13)22-17/h2-9H,10-12H2,1H3,(H,21,22)(H,23,26). The Morgan fingerprint density at radius 1 is 1.14 bits per heavy atom. The molecule has 0 bridgehead atoms. The topological polar surface area (TPSA) is 106 Å². The molecule has 4 aromatic rings. The Balaban J connectivity index is 1.28. The molecule has 1 amide bonds. The summed E-state index contributed by atoms with van der Waals surface area (Å²) in [7, 11) is 1.56. The van der Waals surface area contributed by atoms with Gasteiger partial charge in [-0.25, -0.2) is 4.98 Å². The van der Waals surface area contributed by atoms with Crippen molar-refractivity contribution in [3.05, 3.63) is 60.2 Å². The molecule has 29 heavy (non-hydrogen) atoms. The van der Waals surface area contributed by atoms with Gasteiger partial charge in [0.05, 0.1) is 29.6 Å². The number of fused-ring (bicyclic) bond motifs is 1. The Morgan fingerprint density at radius 3 is 2.83 bits per heavy atom. The van der Waals surface area contributed by atoms with E-state index in [-0.39, 0.29) is 11.7 Å². The molecular formula is C20H19N5O3S. The van der Waals surface area contributed by atoms with Gasteiger partial charge in [0.25, 0.3) is 5.22 Å². The van der Waals surface area contributed by atoms with E-state index in [1.165, 1.54) is 11.8 Å². The zero-order chi connectivity index (χ0) is 20.1. The van der Waals surface area contributed by atoms with Crippen LogP contribution >= 0.6 is 11.8 Å². The number of ether oxygens (including phenoxy) is 1. The van der Waals surface area contributed by atoms with Crippen LogP contribution in [-0.4, -0.2) is 38.9 Å². The molecule has 0 saturated carbocycles. The van der Waals surface area contributed by atoms with E-state index in [9.17, 15) is 4.79 Å². The lowest BCUT2D eigenvalue weighted by molar-refractivity contribution is -0.113. The molecule has 4 rings (SSSR count). The summed E-state index contributed by atoms with van der Waals surface area (Å²) in [6.07, 6.45) is 1.23. The van der Waals surface area contributed by atoms with Gasteiger partial charge >= 0.3 is 0 Å². The number of thioether (sulfide) groups is 1. The van der Waals surface area contributed by atoms with Crippen molar-refractivity contribution in [2.75, 3.05) is 18.2 Å².